The van der Waals surface area contributed by atoms with Crippen molar-refractivity contribution in [2.24, 2.45) is 5.92 Å². The number of hydrogen-bond acceptors (Lipinski definition) is 3. The molecule has 0 aromatic rings. The number of nitrogens with one attached hydrogen (secondary N) is 2. The van der Waals surface area contributed by atoms with Gasteiger partial charge in [-0.3, -0.25) is 0 Å². The maximum atomic E-state index is 3.32. The van der Waals surface area contributed by atoms with Gasteiger partial charge in [-0.15, -0.1) is 0 Å². The van der Waals surface area contributed by atoms with Crippen molar-refractivity contribution >= 4 is 0 Å². The van der Waals surface area contributed by atoms with E-state index in [0.29, 0.717) is 0 Å². The molecule has 2 saturated heterocycles. The third-order valence-corrected chi connectivity index (χ3v) is 2.97. The molecule has 3 nitrogen and oxygen atoms in total. The predicted octanol–water partition coefficient (Wildman–Crippen LogP) is 1.55. The number of piperidine rings is 1. The molecule has 0 unspecified atom stereocenters. The second-order valence-electron chi connectivity index (χ2n) is 4.49. The zero-order chi connectivity index (χ0) is 12.2. The molecular formula is C13H31N3. The quantitative estimate of drug-likeness (QED) is 0.660. The fourth-order valence-electron chi connectivity index (χ4n) is 1.74. The first-order chi connectivity index (χ1) is 7.79. The topological polar surface area (TPSA) is 27.3 Å². The first-order valence-corrected chi connectivity index (χ1v) is 6.89. The molecule has 2 aliphatic rings. The Morgan fingerprint density at radius 1 is 0.875 bits per heavy atom. The number of nitrogens with zero attached hydrogens (tertiary/aromatic N) is 1. The Balaban J connectivity index is 0.000000244. The van der Waals surface area contributed by atoms with Gasteiger partial charge in [-0.05, 0) is 38.9 Å². The highest BCUT2D eigenvalue weighted by Gasteiger charge is 2.05. The van der Waals surface area contributed by atoms with Gasteiger partial charge in [-0.25, -0.2) is 0 Å². The van der Waals surface area contributed by atoms with Crippen LogP contribution in [0.5, 0.6) is 0 Å². The lowest BCUT2D eigenvalue weighted by Gasteiger charge is -2.21. The number of hydrogen-bond donors (Lipinski definition) is 2. The average molecular weight is 229 g/mol. The Labute approximate surface area is 102 Å². The van der Waals surface area contributed by atoms with E-state index in [1.165, 1.54) is 39.0 Å². The van der Waals surface area contributed by atoms with Gasteiger partial charge in [-0.1, -0.05) is 20.8 Å². The van der Waals surface area contributed by atoms with Crippen LogP contribution < -0.4 is 10.6 Å². The van der Waals surface area contributed by atoms with Crippen LogP contribution in [-0.4, -0.2) is 51.2 Å². The summed E-state index contributed by atoms with van der Waals surface area (Å²) in [4.78, 5) is 2.33. The fourth-order valence-corrected chi connectivity index (χ4v) is 1.74. The summed E-state index contributed by atoms with van der Waals surface area (Å²) in [6, 6.07) is 0. The summed E-state index contributed by atoms with van der Waals surface area (Å²) in [6.07, 6.45) is 2.75. The van der Waals surface area contributed by atoms with Crippen LogP contribution in [0.4, 0.5) is 0 Å². The molecule has 2 fully saturated rings. The van der Waals surface area contributed by atoms with Gasteiger partial charge in [0.15, 0.2) is 0 Å². The third kappa shape index (κ3) is 9.13. The second-order valence-corrected chi connectivity index (χ2v) is 4.49. The summed E-state index contributed by atoms with van der Waals surface area (Å²) in [7, 11) is 2.15. The van der Waals surface area contributed by atoms with Gasteiger partial charge >= 0.3 is 0 Å². The minimum absolute atomic E-state index is 0.973. The second kappa shape index (κ2) is 11.4. The normalized spacial score (nSPS) is 22.5. The molecule has 0 bridgehead atoms. The molecule has 0 aromatic heterocycles. The molecule has 0 aliphatic carbocycles. The van der Waals surface area contributed by atoms with Gasteiger partial charge in [0.25, 0.3) is 0 Å². The van der Waals surface area contributed by atoms with Crippen molar-refractivity contribution in [3.63, 3.8) is 0 Å². The molecule has 98 valence electrons. The Hall–Kier alpha value is -0.120. The molecule has 2 N–H and O–H groups in total. The highest BCUT2D eigenvalue weighted by atomic mass is 15.2. The summed E-state index contributed by atoms with van der Waals surface area (Å²) in [6.45, 7) is 13.5. The van der Waals surface area contributed by atoms with Crippen LogP contribution >= 0.6 is 0 Å². The third-order valence-electron chi connectivity index (χ3n) is 2.97. The van der Waals surface area contributed by atoms with E-state index in [2.05, 4.69) is 29.5 Å². The number of piperazine rings is 1. The first kappa shape index (κ1) is 15.9. The van der Waals surface area contributed by atoms with Crippen LogP contribution in [0.2, 0.25) is 0 Å². The SMILES string of the molecule is CC.CC1CCNCC1.CN1CCNCC1. The lowest BCUT2D eigenvalue weighted by Crippen LogP contribution is -2.40. The molecule has 0 spiro atoms. The van der Waals surface area contributed by atoms with E-state index in [4.69, 9.17) is 0 Å². The first-order valence-electron chi connectivity index (χ1n) is 6.89. The maximum Gasteiger partial charge on any atom is 0.0104 e. The van der Waals surface area contributed by atoms with Crippen LogP contribution in [0, 0.1) is 5.92 Å². The van der Waals surface area contributed by atoms with Gasteiger partial charge in [-0.2, -0.15) is 0 Å². The molecule has 0 atom stereocenters. The van der Waals surface area contributed by atoms with Gasteiger partial charge in [0.05, 0.1) is 0 Å². The molecule has 0 aromatic carbocycles. The smallest absolute Gasteiger partial charge is 0.0104 e. The van der Waals surface area contributed by atoms with Gasteiger partial charge in [0, 0.05) is 26.2 Å². The molecule has 16 heavy (non-hydrogen) atoms. The lowest BCUT2D eigenvalue weighted by atomic mass is 10.0. The summed E-state index contributed by atoms with van der Waals surface area (Å²) in [5, 5.41) is 6.59. The van der Waals surface area contributed by atoms with E-state index in [1.807, 2.05) is 13.8 Å². The molecule has 2 rings (SSSR count). The van der Waals surface area contributed by atoms with Crippen molar-refractivity contribution < 1.29 is 0 Å². The minimum Gasteiger partial charge on any atom is -0.317 e. The van der Waals surface area contributed by atoms with E-state index in [1.54, 1.807) is 0 Å². The minimum atomic E-state index is 0.973. The van der Waals surface area contributed by atoms with Gasteiger partial charge in [0.2, 0.25) is 0 Å². The van der Waals surface area contributed by atoms with Crippen molar-refractivity contribution in [3.8, 4) is 0 Å². The fraction of sp³-hybridized carbons (Fsp3) is 1.00. The van der Waals surface area contributed by atoms with Crippen molar-refractivity contribution in [3.05, 3.63) is 0 Å². The van der Waals surface area contributed by atoms with Crippen LogP contribution in [-0.2, 0) is 0 Å². The summed E-state index contributed by atoms with van der Waals surface area (Å²) in [5.41, 5.74) is 0. The predicted molar refractivity (Wildman–Crippen MR) is 73.0 cm³/mol. The standard InChI is InChI=1S/C6H13N.C5H12N2.C2H6/c1-6-2-4-7-5-3-6;1-7-4-2-6-3-5-7;1-2/h6-7H,2-5H2,1H3;6H,2-5H2,1H3;1-2H3. The average Bonchev–Trinajstić information content (AvgIpc) is 2.34. The molecule has 0 radical (unpaired) electrons. The Morgan fingerprint density at radius 2 is 1.31 bits per heavy atom. The molecule has 3 heteroatoms. The maximum absolute atomic E-state index is 3.32. The van der Waals surface area contributed by atoms with Crippen LogP contribution in [0.15, 0.2) is 0 Å². The van der Waals surface area contributed by atoms with E-state index in [-0.39, 0.29) is 0 Å². The molecule has 2 heterocycles. The molecular weight excluding hydrogens is 198 g/mol. The highest BCUT2D eigenvalue weighted by molar-refractivity contribution is 4.63. The zero-order valence-electron chi connectivity index (χ0n) is 11.7. The van der Waals surface area contributed by atoms with Gasteiger partial charge in [0.1, 0.15) is 0 Å². The summed E-state index contributed by atoms with van der Waals surface area (Å²) in [5.74, 6) is 0.973. The van der Waals surface area contributed by atoms with Crippen LogP contribution in [0.1, 0.15) is 33.6 Å². The lowest BCUT2D eigenvalue weighted by molar-refractivity contribution is 0.291. The van der Waals surface area contributed by atoms with E-state index >= 15 is 0 Å². The monoisotopic (exact) mass is 229 g/mol. The molecule has 0 amide bonds. The van der Waals surface area contributed by atoms with E-state index in [9.17, 15) is 0 Å². The molecule has 2 aliphatic heterocycles. The Morgan fingerprint density at radius 3 is 1.56 bits per heavy atom. The van der Waals surface area contributed by atoms with Gasteiger partial charge < -0.3 is 15.5 Å². The van der Waals surface area contributed by atoms with Crippen molar-refractivity contribution in [1.29, 1.82) is 0 Å². The van der Waals surface area contributed by atoms with Crippen molar-refractivity contribution in [2.45, 2.75) is 33.6 Å². The molecule has 0 saturated carbocycles. The van der Waals surface area contributed by atoms with Crippen LogP contribution in [0.3, 0.4) is 0 Å². The zero-order valence-corrected chi connectivity index (χ0v) is 11.7. The van der Waals surface area contributed by atoms with Crippen molar-refractivity contribution in [2.75, 3.05) is 46.3 Å². The number of likely N-dealkylation sites (N-methyl/N-ethyl adjacent to an activating group) is 1. The highest BCUT2D eigenvalue weighted by Crippen LogP contribution is 2.08. The summed E-state index contributed by atoms with van der Waals surface area (Å²) < 4.78 is 0. The van der Waals surface area contributed by atoms with E-state index in [0.717, 1.165) is 19.0 Å². The Kier molecular flexibility index (Phi) is 11.3. The Bertz CT molecular complexity index is 111. The summed E-state index contributed by atoms with van der Waals surface area (Å²) >= 11 is 0. The van der Waals surface area contributed by atoms with E-state index < -0.39 is 0 Å². The number of rotatable bonds is 0. The van der Waals surface area contributed by atoms with Crippen molar-refractivity contribution in [1.82, 2.24) is 15.5 Å². The van der Waals surface area contributed by atoms with Crippen LogP contribution in [0.25, 0.3) is 0 Å². The largest absolute Gasteiger partial charge is 0.317 e.